The van der Waals surface area contributed by atoms with E-state index < -0.39 is 5.41 Å². The Morgan fingerprint density at radius 1 is 1.10 bits per heavy atom. The van der Waals surface area contributed by atoms with Crippen LogP contribution in [0.4, 0.5) is 10.2 Å². The van der Waals surface area contributed by atoms with E-state index in [0.29, 0.717) is 11.6 Å². The van der Waals surface area contributed by atoms with Crippen molar-refractivity contribution in [1.82, 2.24) is 9.97 Å². The summed E-state index contributed by atoms with van der Waals surface area (Å²) in [6, 6.07) is 8.22. The number of halogens is 1. The Kier molecular flexibility index (Phi) is 3.75. The molecule has 2 aromatic rings. The van der Waals surface area contributed by atoms with Gasteiger partial charge in [-0.3, -0.25) is 0 Å². The van der Waals surface area contributed by atoms with Crippen LogP contribution in [0, 0.1) is 5.82 Å². The minimum Gasteiger partial charge on any atom is -0.384 e. The van der Waals surface area contributed by atoms with E-state index in [1.807, 2.05) is 13.8 Å². The van der Waals surface area contributed by atoms with Crippen LogP contribution in [0.25, 0.3) is 0 Å². The average Bonchev–Trinajstić information content (AvgIpc) is 2.38. The van der Waals surface area contributed by atoms with Gasteiger partial charge in [-0.25, -0.2) is 14.4 Å². The van der Waals surface area contributed by atoms with E-state index in [9.17, 15) is 4.39 Å². The first-order chi connectivity index (χ1) is 9.30. The predicted molar refractivity (Wildman–Crippen MR) is 79.1 cm³/mol. The second-order valence-corrected chi connectivity index (χ2v) is 5.83. The molecule has 0 amide bonds. The molecule has 0 bridgehead atoms. The second kappa shape index (κ2) is 5.19. The summed E-state index contributed by atoms with van der Waals surface area (Å²) in [6.07, 6.45) is 0. The zero-order chi connectivity index (χ0) is 14.9. The van der Waals surface area contributed by atoms with Crippen molar-refractivity contribution >= 4 is 5.82 Å². The highest BCUT2D eigenvalue weighted by Crippen LogP contribution is 2.30. The van der Waals surface area contributed by atoms with Crippen molar-refractivity contribution in [2.24, 2.45) is 0 Å². The van der Waals surface area contributed by atoms with Gasteiger partial charge in [-0.05, 0) is 37.5 Å². The summed E-state index contributed by atoms with van der Waals surface area (Å²) in [4.78, 5) is 8.98. The standard InChI is InChI=1S/C16H20FN3/c1-10(2)13-9-14(18)20-15(19-13)16(3,4)11-5-7-12(17)8-6-11/h5-10H,1-4H3,(H2,18,19,20). The van der Waals surface area contributed by atoms with Gasteiger partial charge in [-0.1, -0.05) is 26.0 Å². The minimum absolute atomic E-state index is 0.249. The zero-order valence-electron chi connectivity index (χ0n) is 12.3. The molecule has 0 saturated heterocycles. The molecule has 0 aliphatic carbocycles. The normalized spacial score (nSPS) is 11.9. The molecule has 106 valence electrons. The van der Waals surface area contributed by atoms with Gasteiger partial charge in [0, 0.05) is 17.2 Å². The lowest BCUT2D eigenvalue weighted by molar-refractivity contribution is 0.577. The molecule has 20 heavy (non-hydrogen) atoms. The molecular weight excluding hydrogens is 253 g/mol. The summed E-state index contributed by atoms with van der Waals surface area (Å²) in [5, 5.41) is 0. The largest absolute Gasteiger partial charge is 0.384 e. The number of nitrogen functional groups attached to an aromatic ring is 1. The average molecular weight is 273 g/mol. The van der Waals surface area contributed by atoms with Gasteiger partial charge in [-0.2, -0.15) is 0 Å². The highest BCUT2D eigenvalue weighted by molar-refractivity contribution is 5.37. The first kappa shape index (κ1) is 14.4. The van der Waals surface area contributed by atoms with Crippen LogP contribution in [0.1, 0.15) is 50.7 Å². The summed E-state index contributed by atoms with van der Waals surface area (Å²) in [7, 11) is 0. The van der Waals surface area contributed by atoms with Crippen molar-refractivity contribution in [3.05, 3.63) is 53.2 Å². The molecule has 0 aliphatic rings. The number of anilines is 1. The van der Waals surface area contributed by atoms with Crippen LogP contribution in [0.5, 0.6) is 0 Å². The summed E-state index contributed by atoms with van der Waals surface area (Å²) < 4.78 is 13.1. The van der Waals surface area contributed by atoms with Crippen LogP contribution in [-0.4, -0.2) is 9.97 Å². The Balaban J connectivity index is 2.50. The van der Waals surface area contributed by atoms with Crippen LogP contribution in [0.3, 0.4) is 0 Å². The van der Waals surface area contributed by atoms with Crippen LogP contribution < -0.4 is 5.73 Å². The molecule has 1 aromatic carbocycles. The highest BCUT2D eigenvalue weighted by Gasteiger charge is 2.27. The van der Waals surface area contributed by atoms with Gasteiger partial charge in [0.15, 0.2) is 0 Å². The number of aromatic nitrogens is 2. The number of nitrogens with zero attached hydrogens (tertiary/aromatic N) is 2. The molecule has 0 unspecified atom stereocenters. The third-order valence-electron chi connectivity index (χ3n) is 3.48. The molecule has 2 N–H and O–H groups in total. The third-order valence-corrected chi connectivity index (χ3v) is 3.48. The molecule has 0 aliphatic heterocycles. The lowest BCUT2D eigenvalue weighted by atomic mass is 9.83. The van der Waals surface area contributed by atoms with Crippen LogP contribution in [-0.2, 0) is 5.41 Å². The van der Waals surface area contributed by atoms with Crippen LogP contribution in [0.15, 0.2) is 30.3 Å². The quantitative estimate of drug-likeness (QED) is 0.928. The molecule has 0 fully saturated rings. The van der Waals surface area contributed by atoms with E-state index in [1.165, 1.54) is 12.1 Å². The van der Waals surface area contributed by atoms with E-state index in [1.54, 1.807) is 18.2 Å². The predicted octanol–water partition coefficient (Wildman–Crippen LogP) is 3.65. The van der Waals surface area contributed by atoms with Gasteiger partial charge in [0.2, 0.25) is 0 Å². The van der Waals surface area contributed by atoms with Crippen molar-refractivity contribution in [2.75, 3.05) is 5.73 Å². The number of rotatable bonds is 3. The maximum absolute atomic E-state index is 13.1. The first-order valence-electron chi connectivity index (χ1n) is 6.71. The van der Waals surface area contributed by atoms with E-state index in [2.05, 4.69) is 23.8 Å². The molecular formula is C16H20FN3. The summed E-state index contributed by atoms with van der Waals surface area (Å²) in [6.45, 7) is 8.16. The van der Waals surface area contributed by atoms with Crippen LogP contribution >= 0.6 is 0 Å². The summed E-state index contributed by atoms with van der Waals surface area (Å²) >= 11 is 0. The second-order valence-electron chi connectivity index (χ2n) is 5.83. The van der Waals surface area contributed by atoms with Crippen molar-refractivity contribution in [3.8, 4) is 0 Å². The molecule has 2 rings (SSSR count). The number of nitrogens with two attached hydrogens (primary N) is 1. The van der Waals surface area contributed by atoms with Gasteiger partial charge < -0.3 is 5.73 Å². The highest BCUT2D eigenvalue weighted by atomic mass is 19.1. The van der Waals surface area contributed by atoms with Gasteiger partial charge in [0.25, 0.3) is 0 Å². The first-order valence-corrected chi connectivity index (χ1v) is 6.71. The Labute approximate surface area is 119 Å². The van der Waals surface area contributed by atoms with Gasteiger partial charge in [0.1, 0.15) is 17.5 Å². The summed E-state index contributed by atoms with van der Waals surface area (Å²) in [5.74, 6) is 1.16. The fourth-order valence-corrected chi connectivity index (χ4v) is 2.06. The molecule has 1 heterocycles. The van der Waals surface area contributed by atoms with Gasteiger partial charge in [-0.15, -0.1) is 0 Å². The maximum Gasteiger partial charge on any atom is 0.140 e. The van der Waals surface area contributed by atoms with Crippen molar-refractivity contribution in [1.29, 1.82) is 0 Å². The molecule has 0 spiro atoms. The Bertz CT molecular complexity index is 604. The Morgan fingerprint density at radius 2 is 1.70 bits per heavy atom. The maximum atomic E-state index is 13.1. The lowest BCUT2D eigenvalue weighted by Gasteiger charge is -2.24. The van der Waals surface area contributed by atoms with Crippen molar-refractivity contribution < 1.29 is 4.39 Å². The Morgan fingerprint density at radius 3 is 2.25 bits per heavy atom. The van der Waals surface area contributed by atoms with Crippen molar-refractivity contribution in [2.45, 2.75) is 39.0 Å². The SMILES string of the molecule is CC(C)c1cc(N)nc(C(C)(C)c2ccc(F)cc2)n1. The molecule has 0 radical (unpaired) electrons. The Hall–Kier alpha value is -1.97. The fourth-order valence-electron chi connectivity index (χ4n) is 2.06. The van der Waals surface area contributed by atoms with E-state index in [-0.39, 0.29) is 11.7 Å². The number of hydrogen-bond acceptors (Lipinski definition) is 3. The molecule has 4 heteroatoms. The zero-order valence-corrected chi connectivity index (χ0v) is 12.3. The molecule has 0 saturated carbocycles. The molecule has 0 atom stereocenters. The smallest absolute Gasteiger partial charge is 0.140 e. The number of hydrogen-bond donors (Lipinski definition) is 1. The lowest BCUT2D eigenvalue weighted by Crippen LogP contribution is -2.24. The third kappa shape index (κ3) is 2.79. The van der Waals surface area contributed by atoms with E-state index in [4.69, 9.17) is 5.73 Å². The van der Waals surface area contributed by atoms with Crippen LogP contribution in [0.2, 0.25) is 0 Å². The topological polar surface area (TPSA) is 51.8 Å². The molecule has 3 nitrogen and oxygen atoms in total. The minimum atomic E-state index is -0.424. The van der Waals surface area contributed by atoms with E-state index >= 15 is 0 Å². The van der Waals surface area contributed by atoms with Gasteiger partial charge in [0.05, 0.1) is 0 Å². The summed E-state index contributed by atoms with van der Waals surface area (Å²) in [5.41, 5.74) is 7.34. The van der Waals surface area contributed by atoms with Gasteiger partial charge >= 0.3 is 0 Å². The van der Waals surface area contributed by atoms with E-state index in [0.717, 1.165) is 11.3 Å². The van der Waals surface area contributed by atoms with Crippen molar-refractivity contribution in [3.63, 3.8) is 0 Å². The molecule has 1 aromatic heterocycles. The fraction of sp³-hybridized carbons (Fsp3) is 0.375. The number of benzene rings is 1. The monoisotopic (exact) mass is 273 g/mol.